The second kappa shape index (κ2) is 7.31. The summed E-state index contributed by atoms with van der Waals surface area (Å²) in [7, 11) is 0. The van der Waals surface area contributed by atoms with E-state index in [4.69, 9.17) is 4.74 Å². The van der Waals surface area contributed by atoms with Crippen LogP contribution < -0.4 is 0 Å². The van der Waals surface area contributed by atoms with Crippen LogP contribution in [0, 0.1) is 5.92 Å². The Hall–Kier alpha value is -1.32. The van der Waals surface area contributed by atoms with Gasteiger partial charge in [-0.05, 0) is 25.7 Å². The van der Waals surface area contributed by atoms with Crippen molar-refractivity contribution in [2.75, 3.05) is 6.61 Å². The number of allylic oxidation sites excluding steroid dienone is 1. The van der Waals surface area contributed by atoms with Gasteiger partial charge in [0, 0.05) is 5.57 Å². The van der Waals surface area contributed by atoms with Gasteiger partial charge < -0.3 is 4.74 Å². The number of ether oxygens (including phenoxy) is 1. The fraction of sp³-hybridized carbons (Fsp3) is 0.733. The zero-order valence-corrected chi connectivity index (χ0v) is 12.4. The fourth-order valence-corrected chi connectivity index (χ4v) is 2.15. The van der Waals surface area contributed by atoms with Crippen molar-refractivity contribution in [2.45, 2.75) is 59.4 Å². The molecule has 0 spiro atoms. The molecule has 0 bridgehead atoms. The smallest absolute Gasteiger partial charge is 0.417 e. The molecule has 19 heavy (non-hydrogen) atoms. The van der Waals surface area contributed by atoms with Crippen molar-refractivity contribution in [3.05, 3.63) is 11.6 Å². The Morgan fingerprint density at radius 2 is 2.16 bits per heavy atom. The van der Waals surface area contributed by atoms with Gasteiger partial charge in [0.15, 0.2) is 0 Å². The first-order valence-corrected chi connectivity index (χ1v) is 7.16. The molecule has 108 valence electrons. The Labute approximate surface area is 115 Å². The van der Waals surface area contributed by atoms with E-state index in [0.29, 0.717) is 12.2 Å². The minimum atomic E-state index is -0.509. The number of imide groups is 1. The molecule has 0 N–H and O–H groups in total. The van der Waals surface area contributed by atoms with Gasteiger partial charge in [0.2, 0.25) is 0 Å². The highest BCUT2D eigenvalue weighted by Crippen LogP contribution is 2.21. The molecular weight excluding hydrogens is 242 g/mol. The van der Waals surface area contributed by atoms with Gasteiger partial charge >= 0.3 is 6.09 Å². The molecule has 1 aliphatic rings. The zero-order chi connectivity index (χ0) is 14.4. The zero-order valence-electron chi connectivity index (χ0n) is 12.4. The number of cyclic esters (lactones) is 1. The third kappa shape index (κ3) is 4.08. The highest BCUT2D eigenvalue weighted by molar-refractivity contribution is 6.03. The highest BCUT2D eigenvalue weighted by Gasteiger charge is 2.39. The summed E-state index contributed by atoms with van der Waals surface area (Å²) in [5.74, 6) is 0.000917. The Bertz CT molecular complexity index is 360. The minimum Gasteiger partial charge on any atom is -0.447 e. The quantitative estimate of drug-likeness (QED) is 0.546. The molecule has 4 nitrogen and oxygen atoms in total. The molecule has 1 aliphatic heterocycles. The topological polar surface area (TPSA) is 46.6 Å². The largest absolute Gasteiger partial charge is 0.447 e. The van der Waals surface area contributed by atoms with Crippen molar-refractivity contribution < 1.29 is 14.3 Å². The molecule has 0 aliphatic carbocycles. The molecular formula is C15H25NO3. The Morgan fingerprint density at radius 3 is 2.74 bits per heavy atom. The Kier molecular flexibility index (Phi) is 6.06. The van der Waals surface area contributed by atoms with Gasteiger partial charge in [-0.1, -0.05) is 39.7 Å². The van der Waals surface area contributed by atoms with Gasteiger partial charge in [-0.25, -0.2) is 9.69 Å². The lowest BCUT2D eigenvalue weighted by molar-refractivity contribution is -0.125. The Morgan fingerprint density at radius 1 is 1.47 bits per heavy atom. The van der Waals surface area contributed by atoms with E-state index in [1.165, 1.54) is 11.3 Å². The molecule has 0 aromatic carbocycles. The molecule has 1 saturated heterocycles. The van der Waals surface area contributed by atoms with Gasteiger partial charge in [-0.3, -0.25) is 4.79 Å². The number of carbonyl (C=O) groups is 2. The number of unbranched alkanes of at least 4 members (excludes halogenated alkanes) is 3. The van der Waals surface area contributed by atoms with Crippen molar-refractivity contribution >= 4 is 12.0 Å². The van der Waals surface area contributed by atoms with Gasteiger partial charge in [-0.15, -0.1) is 0 Å². The lowest BCUT2D eigenvalue weighted by Crippen LogP contribution is -2.42. The number of rotatable bonds is 6. The maximum Gasteiger partial charge on any atom is 0.417 e. The van der Waals surface area contributed by atoms with E-state index in [-0.39, 0.29) is 17.9 Å². The van der Waals surface area contributed by atoms with Crippen LogP contribution in [0.25, 0.3) is 0 Å². The van der Waals surface area contributed by atoms with E-state index in [0.717, 1.165) is 19.3 Å². The van der Waals surface area contributed by atoms with Gasteiger partial charge in [-0.2, -0.15) is 0 Å². The minimum absolute atomic E-state index is 0.140. The van der Waals surface area contributed by atoms with Crippen LogP contribution in [0.3, 0.4) is 0 Å². The van der Waals surface area contributed by atoms with Crippen LogP contribution in [0.15, 0.2) is 11.6 Å². The van der Waals surface area contributed by atoms with E-state index in [1.807, 2.05) is 19.9 Å². The predicted molar refractivity (Wildman–Crippen MR) is 74.7 cm³/mol. The average Bonchev–Trinajstić information content (AvgIpc) is 2.75. The number of nitrogens with zero attached hydrogens (tertiary/aromatic N) is 1. The Balaban J connectivity index is 2.66. The van der Waals surface area contributed by atoms with E-state index in [2.05, 4.69) is 6.92 Å². The summed E-state index contributed by atoms with van der Waals surface area (Å²) in [6.07, 6.45) is 5.72. The van der Waals surface area contributed by atoms with E-state index in [1.54, 1.807) is 6.92 Å². The highest BCUT2D eigenvalue weighted by atomic mass is 16.6. The van der Waals surface area contributed by atoms with Crippen LogP contribution in [0.5, 0.6) is 0 Å². The number of carbonyl (C=O) groups excluding carboxylic acids is 2. The molecule has 0 unspecified atom stereocenters. The number of hydrogen-bond donors (Lipinski definition) is 0. The average molecular weight is 267 g/mol. The fourth-order valence-electron chi connectivity index (χ4n) is 2.15. The molecule has 4 heteroatoms. The van der Waals surface area contributed by atoms with E-state index < -0.39 is 6.09 Å². The molecule has 0 radical (unpaired) electrons. The lowest BCUT2D eigenvalue weighted by Gasteiger charge is -2.22. The molecule has 1 atom stereocenters. The van der Waals surface area contributed by atoms with E-state index >= 15 is 0 Å². The normalized spacial score (nSPS) is 20.1. The van der Waals surface area contributed by atoms with Gasteiger partial charge in [0.1, 0.15) is 6.61 Å². The second-order valence-corrected chi connectivity index (χ2v) is 5.45. The predicted octanol–water partition coefficient (Wildman–Crippen LogP) is 3.52. The van der Waals surface area contributed by atoms with Crippen LogP contribution in [0.2, 0.25) is 0 Å². The molecule has 1 rings (SSSR count). The first kappa shape index (κ1) is 15.7. The van der Waals surface area contributed by atoms with Crippen LogP contribution in [0.4, 0.5) is 4.79 Å². The van der Waals surface area contributed by atoms with Gasteiger partial charge in [0.05, 0.1) is 6.04 Å². The van der Waals surface area contributed by atoms with Crippen molar-refractivity contribution in [2.24, 2.45) is 5.92 Å². The summed E-state index contributed by atoms with van der Waals surface area (Å²) in [5.41, 5.74) is 0.639. The maximum absolute atomic E-state index is 12.3. The first-order valence-electron chi connectivity index (χ1n) is 7.16. The third-order valence-electron chi connectivity index (χ3n) is 3.49. The van der Waals surface area contributed by atoms with Crippen molar-refractivity contribution in [1.82, 2.24) is 4.90 Å². The molecule has 0 aromatic rings. The van der Waals surface area contributed by atoms with Crippen molar-refractivity contribution in [1.29, 1.82) is 0 Å². The number of hydrogen-bond acceptors (Lipinski definition) is 3. The monoisotopic (exact) mass is 267 g/mol. The molecule has 0 aromatic heterocycles. The summed E-state index contributed by atoms with van der Waals surface area (Å²) >= 11 is 0. The standard InChI is InChI=1S/C15H25NO3/c1-5-6-7-8-9-12(4)14(17)16-13(11(2)3)10-19-15(16)18/h9,11,13H,5-8,10H2,1-4H3/b12-9+/t13-/m1/s1. The summed E-state index contributed by atoms with van der Waals surface area (Å²) in [4.78, 5) is 25.2. The summed E-state index contributed by atoms with van der Waals surface area (Å²) in [6, 6.07) is -0.140. The van der Waals surface area contributed by atoms with Gasteiger partial charge in [0.25, 0.3) is 5.91 Å². The van der Waals surface area contributed by atoms with Crippen LogP contribution >= 0.6 is 0 Å². The number of amides is 2. The summed E-state index contributed by atoms with van der Waals surface area (Å²) in [6.45, 7) is 8.22. The molecule has 1 fully saturated rings. The lowest BCUT2D eigenvalue weighted by atomic mass is 10.0. The molecule has 1 heterocycles. The van der Waals surface area contributed by atoms with Crippen LogP contribution in [0.1, 0.15) is 53.4 Å². The SMILES string of the molecule is CCCCC/C=C(\C)C(=O)N1C(=O)OC[C@@H]1C(C)C. The molecule has 0 saturated carbocycles. The van der Waals surface area contributed by atoms with Crippen molar-refractivity contribution in [3.63, 3.8) is 0 Å². The van der Waals surface area contributed by atoms with Crippen LogP contribution in [-0.2, 0) is 9.53 Å². The second-order valence-electron chi connectivity index (χ2n) is 5.45. The third-order valence-corrected chi connectivity index (χ3v) is 3.49. The van der Waals surface area contributed by atoms with Crippen molar-refractivity contribution in [3.8, 4) is 0 Å². The summed E-state index contributed by atoms with van der Waals surface area (Å²) in [5, 5.41) is 0. The van der Waals surface area contributed by atoms with E-state index in [9.17, 15) is 9.59 Å². The molecule has 2 amide bonds. The first-order chi connectivity index (χ1) is 8.99. The van der Waals surface area contributed by atoms with Crippen LogP contribution in [-0.4, -0.2) is 29.5 Å². The maximum atomic E-state index is 12.3. The summed E-state index contributed by atoms with van der Waals surface area (Å²) < 4.78 is 4.99.